The summed E-state index contributed by atoms with van der Waals surface area (Å²) < 4.78 is 0. The number of aliphatic hydroxyl groups is 1. The molecular weight excluding hydrogens is 154 g/mol. The first-order valence-electron chi connectivity index (χ1n) is 4.54. The van der Waals surface area contributed by atoms with E-state index in [-0.39, 0.29) is 12.5 Å². The molecule has 3 nitrogen and oxygen atoms in total. The molecule has 1 amide bonds. The molecule has 0 fully saturated rings. The van der Waals surface area contributed by atoms with Gasteiger partial charge in [0.2, 0.25) is 5.91 Å². The molecule has 0 aliphatic carbocycles. The molecule has 2 N–H and O–H groups in total. The summed E-state index contributed by atoms with van der Waals surface area (Å²) in [6.45, 7) is 4.69. The lowest BCUT2D eigenvalue weighted by atomic mass is 10.1. The maximum atomic E-state index is 11.0. The van der Waals surface area contributed by atoms with Gasteiger partial charge in [0.05, 0.1) is 6.61 Å². The number of rotatable bonds is 6. The Bertz CT molecular complexity index is 124. The quantitative estimate of drug-likeness (QED) is 0.627. The molecule has 72 valence electrons. The summed E-state index contributed by atoms with van der Waals surface area (Å²) in [5.41, 5.74) is 0. The average molecular weight is 173 g/mol. The van der Waals surface area contributed by atoms with E-state index in [4.69, 9.17) is 5.11 Å². The van der Waals surface area contributed by atoms with Crippen LogP contribution in [-0.4, -0.2) is 24.2 Å². The Morgan fingerprint density at radius 3 is 2.67 bits per heavy atom. The minimum atomic E-state index is 0.0237. The maximum Gasteiger partial charge on any atom is 0.220 e. The van der Waals surface area contributed by atoms with E-state index in [0.717, 1.165) is 12.8 Å². The molecule has 0 saturated heterocycles. The van der Waals surface area contributed by atoms with Crippen LogP contribution in [0.25, 0.3) is 0 Å². The smallest absolute Gasteiger partial charge is 0.220 e. The summed E-state index contributed by atoms with van der Waals surface area (Å²) in [7, 11) is 0. The Kier molecular flexibility index (Phi) is 6.76. The van der Waals surface area contributed by atoms with Crippen LogP contribution >= 0.6 is 0 Å². The molecule has 3 heteroatoms. The van der Waals surface area contributed by atoms with Crippen LogP contribution in [0.4, 0.5) is 0 Å². The van der Waals surface area contributed by atoms with Crippen molar-refractivity contribution in [2.45, 2.75) is 33.1 Å². The lowest BCUT2D eigenvalue weighted by molar-refractivity contribution is -0.121. The maximum absolute atomic E-state index is 11.0. The zero-order chi connectivity index (χ0) is 9.40. The summed E-state index contributed by atoms with van der Waals surface area (Å²) in [6, 6.07) is 0. The third-order valence-electron chi connectivity index (χ3n) is 1.62. The second kappa shape index (κ2) is 7.10. The highest BCUT2D eigenvalue weighted by Gasteiger charge is 2.00. The van der Waals surface area contributed by atoms with Crippen molar-refractivity contribution in [3.63, 3.8) is 0 Å². The minimum absolute atomic E-state index is 0.0237. The standard InChI is InChI=1S/C9H19NO2/c1-8(2)4-3-5-9(12)10-6-7-11/h8,11H,3-7H2,1-2H3,(H,10,12). The van der Waals surface area contributed by atoms with Crippen LogP contribution in [0.5, 0.6) is 0 Å². The van der Waals surface area contributed by atoms with Crippen LogP contribution in [0.2, 0.25) is 0 Å². The van der Waals surface area contributed by atoms with Crippen molar-refractivity contribution >= 4 is 5.91 Å². The number of carbonyl (C=O) groups is 1. The molecule has 0 aliphatic heterocycles. The molecule has 0 saturated carbocycles. The number of carbonyl (C=O) groups excluding carboxylic acids is 1. The fraction of sp³-hybridized carbons (Fsp3) is 0.889. The molecule has 0 aromatic heterocycles. The molecule has 0 radical (unpaired) electrons. The predicted molar refractivity (Wildman–Crippen MR) is 48.8 cm³/mol. The molecule has 0 unspecified atom stereocenters. The third kappa shape index (κ3) is 7.54. The van der Waals surface area contributed by atoms with Crippen LogP contribution < -0.4 is 5.32 Å². The van der Waals surface area contributed by atoms with Gasteiger partial charge in [-0.3, -0.25) is 4.79 Å². The van der Waals surface area contributed by atoms with Crippen molar-refractivity contribution in [2.24, 2.45) is 5.92 Å². The van der Waals surface area contributed by atoms with Crippen molar-refractivity contribution in [3.8, 4) is 0 Å². The summed E-state index contributed by atoms with van der Waals surface area (Å²) in [4.78, 5) is 11.0. The van der Waals surface area contributed by atoms with Gasteiger partial charge in [-0.1, -0.05) is 20.3 Å². The van der Waals surface area contributed by atoms with E-state index < -0.39 is 0 Å². The summed E-state index contributed by atoms with van der Waals surface area (Å²) in [6.07, 6.45) is 2.61. The van der Waals surface area contributed by atoms with Gasteiger partial charge in [-0.25, -0.2) is 0 Å². The summed E-state index contributed by atoms with van der Waals surface area (Å²) in [5.74, 6) is 0.709. The van der Waals surface area contributed by atoms with E-state index in [1.165, 1.54) is 0 Å². The first-order valence-corrected chi connectivity index (χ1v) is 4.54. The van der Waals surface area contributed by atoms with E-state index in [1.54, 1.807) is 0 Å². The zero-order valence-electron chi connectivity index (χ0n) is 7.97. The second-order valence-electron chi connectivity index (χ2n) is 3.36. The molecule has 0 rings (SSSR count). The lowest BCUT2D eigenvalue weighted by Crippen LogP contribution is -2.25. The van der Waals surface area contributed by atoms with Gasteiger partial charge < -0.3 is 10.4 Å². The average Bonchev–Trinajstić information content (AvgIpc) is 2.00. The Morgan fingerprint density at radius 1 is 1.50 bits per heavy atom. The van der Waals surface area contributed by atoms with E-state index >= 15 is 0 Å². The highest BCUT2D eigenvalue weighted by molar-refractivity contribution is 5.75. The number of hydrogen-bond donors (Lipinski definition) is 2. The second-order valence-corrected chi connectivity index (χ2v) is 3.36. The van der Waals surface area contributed by atoms with E-state index in [0.29, 0.717) is 18.9 Å². The minimum Gasteiger partial charge on any atom is -0.395 e. The molecule has 0 aromatic carbocycles. The number of nitrogens with one attached hydrogen (secondary N) is 1. The van der Waals surface area contributed by atoms with Crippen molar-refractivity contribution < 1.29 is 9.90 Å². The van der Waals surface area contributed by atoms with Crippen LogP contribution in [-0.2, 0) is 4.79 Å². The summed E-state index contributed by atoms with van der Waals surface area (Å²) >= 11 is 0. The van der Waals surface area contributed by atoms with Gasteiger partial charge >= 0.3 is 0 Å². The monoisotopic (exact) mass is 173 g/mol. The first-order chi connectivity index (χ1) is 5.66. The number of amides is 1. The van der Waals surface area contributed by atoms with Crippen LogP contribution in [0.15, 0.2) is 0 Å². The molecule has 0 aliphatic rings. The highest BCUT2D eigenvalue weighted by atomic mass is 16.3. The van der Waals surface area contributed by atoms with Crippen LogP contribution in [0.1, 0.15) is 33.1 Å². The van der Waals surface area contributed by atoms with Gasteiger partial charge in [-0.2, -0.15) is 0 Å². The van der Waals surface area contributed by atoms with E-state index in [1.807, 2.05) is 0 Å². The fourth-order valence-electron chi connectivity index (χ4n) is 0.955. The van der Waals surface area contributed by atoms with Crippen molar-refractivity contribution in [1.29, 1.82) is 0 Å². The summed E-state index contributed by atoms with van der Waals surface area (Å²) in [5, 5.41) is 11.0. The molecule has 0 aromatic rings. The Morgan fingerprint density at radius 2 is 2.17 bits per heavy atom. The Balaban J connectivity index is 3.20. The Hall–Kier alpha value is -0.570. The van der Waals surface area contributed by atoms with Gasteiger partial charge in [-0.05, 0) is 12.3 Å². The topological polar surface area (TPSA) is 49.3 Å². The van der Waals surface area contributed by atoms with Crippen LogP contribution in [0, 0.1) is 5.92 Å². The van der Waals surface area contributed by atoms with E-state index in [2.05, 4.69) is 19.2 Å². The Labute approximate surface area is 74.2 Å². The van der Waals surface area contributed by atoms with Gasteiger partial charge in [0.15, 0.2) is 0 Å². The molecule has 0 atom stereocenters. The van der Waals surface area contributed by atoms with Gasteiger partial charge in [0, 0.05) is 13.0 Å². The SMILES string of the molecule is CC(C)CCCC(=O)NCCO. The molecular formula is C9H19NO2. The predicted octanol–water partition coefficient (Wildman–Crippen LogP) is 0.921. The molecule has 0 bridgehead atoms. The molecule has 12 heavy (non-hydrogen) atoms. The van der Waals surface area contributed by atoms with Crippen molar-refractivity contribution in [1.82, 2.24) is 5.32 Å². The number of hydrogen-bond acceptors (Lipinski definition) is 2. The zero-order valence-corrected chi connectivity index (χ0v) is 7.97. The largest absolute Gasteiger partial charge is 0.395 e. The van der Waals surface area contributed by atoms with Gasteiger partial charge in [-0.15, -0.1) is 0 Å². The molecule has 0 heterocycles. The van der Waals surface area contributed by atoms with Crippen molar-refractivity contribution in [3.05, 3.63) is 0 Å². The normalized spacial score (nSPS) is 10.3. The molecule has 0 spiro atoms. The third-order valence-corrected chi connectivity index (χ3v) is 1.62. The van der Waals surface area contributed by atoms with Crippen LogP contribution in [0.3, 0.4) is 0 Å². The van der Waals surface area contributed by atoms with Crippen molar-refractivity contribution in [2.75, 3.05) is 13.2 Å². The van der Waals surface area contributed by atoms with E-state index in [9.17, 15) is 4.79 Å². The lowest BCUT2D eigenvalue weighted by Gasteiger charge is -2.04. The van der Waals surface area contributed by atoms with Gasteiger partial charge in [0.1, 0.15) is 0 Å². The highest BCUT2D eigenvalue weighted by Crippen LogP contribution is 2.05. The number of aliphatic hydroxyl groups excluding tert-OH is 1. The first kappa shape index (κ1) is 11.4. The fourth-order valence-corrected chi connectivity index (χ4v) is 0.955. The van der Waals surface area contributed by atoms with Gasteiger partial charge in [0.25, 0.3) is 0 Å².